The SMILES string of the molecule is CN(C)C1=Cc2nnc(-c3ccccc3)n2-c2ccc(Cl)cc2N1c1ccccc1. The van der Waals surface area contributed by atoms with Crippen LogP contribution in [0.3, 0.4) is 0 Å². The lowest BCUT2D eigenvalue weighted by Gasteiger charge is -2.32. The monoisotopic (exact) mass is 413 g/mol. The molecular formula is C24H20ClN5. The number of anilines is 2. The van der Waals surface area contributed by atoms with Gasteiger partial charge in [0.15, 0.2) is 11.6 Å². The van der Waals surface area contributed by atoms with Gasteiger partial charge in [-0.1, -0.05) is 60.1 Å². The Morgan fingerprint density at radius 2 is 1.50 bits per heavy atom. The molecule has 0 atom stereocenters. The van der Waals surface area contributed by atoms with Gasteiger partial charge in [0.1, 0.15) is 5.82 Å². The minimum atomic E-state index is 0.672. The van der Waals surface area contributed by atoms with Gasteiger partial charge in [-0.05, 0) is 30.3 Å². The number of hydrogen-bond acceptors (Lipinski definition) is 4. The van der Waals surface area contributed by atoms with Gasteiger partial charge in [-0.2, -0.15) is 0 Å². The zero-order chi connectivity index (χ0) is 20.7. The number of halogens is 1. The van der Waals surface area contributed by atoms with Crippen molar-refractivity contribution in [1.82, 2.24) is 19.7 Å². The van der Waals surface area contributed by atoms with Gasteiger partial charge in [0.2, 0.25) is 0 Å². The van der Waals surface area contributed by atoms with Crippen LogP contribution in [-0.4, -0.2) is 33.8 Å². The first kappa shape index (κ1) is 18.5. The molecule has 0 amide bonds. The van der Waals surface area contributed by atoms with Crippen molar-refractivity contribution >= 4 is 29.1 Å². The van der Waals surface area contributed by atoms with Crippen molar-refractivity contribution in [2.45, 2.75) is 0 Å². The summed E-state index contributed by atoms with van der Waals surface area (Å²) >= 11 is 6.47. The number of hydrogen-bond donors (Lipinski definition) is 0. The molecule has 0 unspecified atom stereocenters. The normalized spacial score (nSPS) is 12.6. The Hall–Kier alpha value is -3.57. The van der Waals surface area contributed by atoms with Crippen LogP contribution < -0.4 is 4.90 Å². The number of benzene rings is 3. The zero-order valence-electron chi connectivity index (χ0n) is 16.7. The van der Waals surface area contributed by atoms with Crippen molar-refractivity contribution in [2.75, 3.05) is 19.0 Å². The maximum absolute atomic E-state index is 6.47. The fourth-order valence-corrected chi connectivity index (χ4v) is 3.91. The molecule has 5 nitrogen and oxygen atoms in total. The molecule has 2 heterocycles. The summed E-state index contributed by atoms with van der Waals surface area (Å²) in [5.41, 5.74) is 3.98. The summed E-state index contributed by atoms with van der Waals surface area (Å²) in [6.07, 6.45) is 2.06. The number of nitrogens with zero attached hydrogens (tertiary/aromatic N) is 5. The second-order valence-corrected chi connectivity index (χ2v) is 7.72. The summed E-state index contributed by atoms with van der Waals surface area (Å²) in [6, 6.07) is 26.3. The molecule has 0 radical (unpaired) electrons. The van der Waals surface area contributed by atoms with Crippen molar-refractivity contribution in [3.05, 3.63) is 95.5 Å². The molecule has 3 aromatic carbocycles. The third kappa shape index (κ3) is 3.04. The first-order valence-corrected chi connectivity index (χ1v) is 10.1. The van der Waals surface area contributed by atoms with E-state index in [1.165, 1.54) is 0 Å². The van der Waals surface area contributed by atoms with E-state index in [0.29, 0.717) is 5.02 Å². The van der Waals surface area contributed by atoms with E-state index in [9.17, 15) is 0 Å². The summed E-state index contributed by atoms with van der Waals surface area (Å²) in [4.78, 5) is 4.27. The van der Waals surface area contributed by atoms with Crippen LogP contribution in [0.4, 0.5) is 11.4 Å². The van der Waals surface area contributed by atoms with Gasteiger partial charge in [0, 0.05) is 36.4 Å². The highest BCUT2D eigenvalue weighted by Crippen LogP contribution is 2.41. The molecule has 6 heteroatoms. The zero-order valence-corrected chi connectivity index (χ0v) is 17.5. The molecule has 1 aromatic heterocycles. The Morgan fingerprint density at radius 1 is 0.800 bits per heavy atom. The molecule has 0 bridgehead atoms. The fraction of sp³-hybridized carbons (Fsp3) is 0.0833. The van der Waals surface area contributed by atoms with Gasteiger partial charge >= 0.3 is 0 Å². The molecule has 30 heavy (non-hydrogen) atoms. The summed E-state index contributed by atoms with van der Waals surface area (Å²) in [7, 11) is 4.05. The van der Waals surface area contributed by atoms with E-state index in [1.54, 1.807) is 0 Å². The van der Waals surface area contributed by atoms with Crippen molar-refractivity contribution in [2.24, 2.45) is 0 Å². The van der Waals surface area contributed by atoms with Gasteiger partial charge in [0.05, 0.1) is 11.4 Å². The molecular weight excluding hydrogens is 394 g/mol. The van der Waals surface area contributed by atoms with Gasteiger partial charge in [0.25, 0.3) is 0 Å². The van der Waals surface area contributed by atoms with Crippen LogP contribution in [0.25, 0.3) is 23.2 Å². The second-order valence-electron chi connectivity index (χ2n) is 7.28. The smallest absolute Gasteiger partial charge is 0.168 e. The lowest BCUT2D eigenvalue weighted by molar-refractivity contribution is 0.507. The Bertz CT molecular complexity index is 1230. The number of para-hydroxylation sites is 1. The van der Waals surface area contributed by atoms with Crippen molar-refractivity contribution in [3.8, 4) is 17.1 Å². The van der Waals surface area contributed by atoms with E-state index in [1.807, 2.05) is 80.8 Å². The summed E-state index contributed by atoms with van der Waals surface area (Å²) in [5, 5.41) is 9.72. The Balaban J connectivity index is 1.84. The van der Waals surface area contributed by atoms with E-state index in [2.05, 4.69) is 42.8 Å². The minimum Gasteiger partial charge on any atom is -0.364 e. The Labute approximate surface area is 180 Å². The maximum atomic E-state index is 6.47. The van der Waals surface area contributed by atoms with Crippen molar-refractivity contribution in [1.29, 1.82) is 0 Å². The lowest BCUT2D eigenvalue weighted by atomic mass is 10.2. The molecule has 0 N–H and O–H groups in total. The number of rotatable bonds is 3. The topological polar surface area (TPSA) is 37.2 Å². The standard InChI is InChI=1S/C24H20ClN5/c1-28(2)23-16-22-26-27-24(17-9-5-3-6-10-17)30(22)20-14-13-18(25)15-21(20)29(23)19-11-7-4-8-12-19/h3-16H,1-2H3. The van der Waals surface area contributed by atoms with Crippen LogP contribution in [0.15, 0.2) is 84.7 Å². The average molecular weight is 414 g/mol. The van der Waals surface area contributed by atoms with E-state index in [4.69, 9.17) is 11.6 Å². The first-order valence-electron chi connectivity index (χ1n) is 9.68. The molecule has 0 spiro atoms. The molecule has 0 fully saturated rings. The number of fused-ring (bicyclic) bond motifs is 3. The van der Waals surface area contributed by atoms with Crippen molar-refractivity contribution < 1.29 is 0 Å². The predicted molar refractivity (Wildman–Crippen MR) is 122 cm³/mol. The molecule has 1 aliphatic heterocycles. The van der Waals surface area contributed by atoms with Crippen LogP contribution >= 0.6 is 11.6 Å². The molecule has 1 aliphatic rings. The molecule has 148 valence electrons. The molecule has 0 saturated carbocycles. The molecule has 5 rings (SSSR count). The predicted octanol–water partition coefficient (Wildman–Crippen LogP) is 5.60. The van der Waals surface area contributed by atoms with Crippen LogP contribution in [0.1, 0.15) is 5.82 Å². The van der Waals surface area contributed by atoms with Crippen LogP contribution in [0.5, 0.6) is 0 Å². The van der Waals surface area contributed by atoms with E-state index >= 15 is 0 Å². The summed E-state index contributed by atoms with van der Waals surface area (Å²) in [6.45, 7) is 0. The third-order valence-electron chi connectivity index (χ3n) is 5.10. The van der Waals surface area contributed by atoms with Crippen LogP contribution in [0, 0.1) is 0 Å². The van der Waals surface area contributed by atoms with E-state index in [0.717, 1.165) is 40.1 Å². The van der Waals surface area contributed by atoms with E-state index < -0.39 is 0 Å². The average Bonchev–Trinajstić information content (AvgIpc) is 3.12. The number of aromatic nitrogens is 3. The van der Waals surface area contributed by atoms with Gasteiger partial charge in [-0.3, -0.25) is 9.47 Å². The van der Waals surface area contributed by atoms with Crippen LogP contribution in [-0.2, 0) is 0 Å². The summed E-state index contributed by atoms with van der Waals surface area (Å²) < 4.78 is 2.09. The van der Waals surface area contributed by atoms with Gasteiger partial charge in [-0.15, -0.1) is 10.2 Å². The first-order chi connectivity index (χ1) is 14.6. The quantitative estimate of drug-likeness (QED) is 0.438. The second kappa shape index (κ2) is 7.35. The Kier molecular flexibility index (Phi) is 4.52. The Morgan fingerprint density at radius 3 is 2.20 bits per heavy atom. The molecule has 0 aliphatic carbocycles. The molecule has 0 saturated heterocycles. The minimum absolute atomic E-state index is 0.672. The van der Waals surface area contributed by atoms with E-state index in [-0.39, 0.29) is 0 Å². The highest BCUT2D eigenvalue weighted by molar-refractivity contribution is 6.31. The largest absolute Gasteiger partial charge is 0.364 e. The lowest BCUT2D eigenvalue weighted by Crippen LogP contribution is -2.27. The molecule has 4 aromatic rings. The van der Waals surface area contributed by atoms with Gasteiger partial charge in [-0.25, -0.2) is 0 Å². The highest BCUT2D eigenvalue weighted by Gasteiger charge is 2.27. The maximum Gasteiger partial charge on any atom is 0.168 e. The van der Waals surface area contributed by atoms with Crippen LogP contribution in [0.2, 0.25) is 5.02 Å². The third-order valence-corrected chi connectivity index (χ3v) is 5.33. The highest BCUT2D eigenvalue weighted by atomic mass is 35.5. The summed E-state index contributed by atoms with van der Waals surface area (Å²) in [5.74, 6) is 2.52. The fourth-order valence-electron chi connectivity index (χ4n) is 3.75. The van der Waals surface area contributed by atoms with Gasteiger partial charge < -0.3 is 4.90 Å². The van der Waals surface area contributed by atoms with Crippen molar-refractivity contribution in [3.63, 3.8) is 0 Å².